The number of thiazole rings is 1. The van der Waals surface area contributed by atoms with E-state index in [4.69, 9.17) is 0 Å². The van der Waals surface area contributed by atoms with Crippen LogP contribution >= 0.6 is 11.3 Å². The SMILES string of the molecule is C=S(C)(=O)c1cnc(NC(C)=O)s1. The smallest absolute Gasteiger partial charge is 0.223 e. The Balaban J connectivity index is 2.94. The molecule has 1 aromatic heterocycles. The van der Waals surface area contributed by atoms with Gasteiger partial charge in [0.25, 0.3) is 0 Å². The second kappa shape index (κ2) is 3.47. The monoisotopic (exact) mass is 218 g/mol. The van der Waals surface area contributed by atoms with Crippen LogP contribution in [0.15, 0.2) is 10.4 Å². The summed E-state index contributed by atoms with van der Waals surface area (Å²) in [4.78, 5) is 14.5. The fourth-order valence-electron chi connectivity index (χ4n) is 0.667. The molecule has 0 saturated carbocycles. The molecule has 4 nitrogen and oxygen atoms in total. The molecule has 1 unspecified atom stereocenters. The number of amides is 1. The summed E-state index contributed by atoms with van der Waals surface area (Å²) in [6.45, 7) is 1.40. The van der Waals surface area contributed by atoms with E-state index in [9.17, 15) is 9.00 Å². The first-order chi connectivity index (χ1) is 5.89. The number of rotatable bonds is 2. The molecule has 0 aliphatic carbocycles. The average Bonchev–Trinajstić information content (AvgIpc) is 2.32. The van der Waals surface area contributed by atoms with Crippen molar-refractivity contribution in [2.75, 3.05) is 11.6 Å². The molecule has 1 atom stereocenters. The molecular formula is C7H10N2O2S2. The summed E-state index contributed by atoms with van der Waals surface area (Å²) in [5.74, 6) is 3.33. The molecule has 1 amide bonds. The van der Waals surface area contributed by atoms with Crippen molar-refractivity contribution in [1.29, 1.82) is 0 Å². The number of aromatic nitrogens is 1. The van der Waals surface area contributed by atoms with E-state index in [0.717, 1.165) is 0 Å². The zero-order valence-electron chi connectivity index (χ0n) is 7.36. The molecule has 1 aromatic rings. The second-order valence-electron chi connectivity index (χ2n) is 2.67. The van der Waals surface area contributed by atoms with E-state index in [1.54, 1.807) is 0 Å². The van der Waals surface area contributed by atoms with Gasteiger partial charge in [0.15, 0.2) is 5.13 Å². The molecule has 1 heterocycles. The molecule has 1 rings (SSSR count). The van der Waals surface area contributed by atoms with Crippen molar-refractivity contribution in [2.45, 2.75) is 11.1 Å². The maximum absolute atomic E-state index is 11.4. The van der Waals surface area contributed by atoms with Crippen LogP contribution in [0.25, 0.3) is 0 Å². The van der Waals surface area contributed by atoms with E-state index in [-0.39, 0.29) is 5.91 Å². The Morgan fingerprint density at radius 3 is 2.77 bits per heavy atom. The summed E-state index contributed by atoms with van der Waals surface area (Å²) in [6, 6.07) is 0. The van der Waals surface area contributed by atoms with Crippen molar-refractivity contribution >= 4 is 37.8 Å². The van der Waals surface area contributed by atoms with Crippen LogP contribution in [0.1, 0.15) is 6.92 Å². The Labute approximate surface area is 81.0 Å². The normalized spacial score (nSPS) is 14.9. The highest BCUT2D eigenvalue weighted by atomic mass is 32.2. The quantitative estimate of drug-likeness (QED) is 0.747. The third-order valence-electron chi connectivity index (χ3n) is 1.19. The molecule has 0 aliphatic heterocycles. The number of hydrogen-bond acceptors (Lipinski definition) is 4. The van der Waals surface area contributed by atoms with Crippen LogP contribution in [0.2, 0.25) is 0 Å². The van der Waals surface area contributed by atoms with Crippen molar-refractivity contribution in [1.82, 2.24) is 4.98 Å². The van der Waals surface area contributed by atoms with E-state index >= 15 is 0 Å². The van der Waals surface area contributed by atoms with Gasteiger partial charge in [0.05, 0.1) is 6.20 Å². The molecule has 0 aliphatic rings. The van der Waals surface area contributed by atoms with E-state index in [1.165, 1.54) is 30.7 Å². The fraction of sp³-hybridized carbons (Fsp3) is 0.286. The molecule has 72 valence electrons. The lowest BCUT2D eigenvalue weighted by Crippen LogP contribution is -2.04. The Hall–Kier alpha value is -0.880. The molecule has 0 saturated heterocycles. The topological polar surface area (TPSA) is 59.1 Å². The number of carbonyl (C=O) groups excluding carboxylic acids is 1. The summed E-state index contributed by atoms with van der Waals surface area (Å²) >= 11 is 1.19. The number of anilines is 1. The molecular weight excluding hydrogens is 208 g/mol. The lowest BCUT2D eigenvalue weighted by molar-refractivity contribution is -0.114. The van der Waals surface area contributed by atoms with Gasteiger partial charge in [-0.1, -0.05) is 11.3 Å². The van der Waals surface area contributed by atoms with Crippen LogP contribution in [0.5, 0.6) is 0 Å². The highest BCUT2D eigenvalue weighted by Gasteiger charge is 2.07. The average molecular weight is 218 g/mol. The van der Waals surface area contributed by atoms with E-state index in [1.807, 2.05) is 0 Å². The third-order valence-corrected chi connectivity index (χ3v) is 4.16. The Morgan fingerprint density at radius 1 is 1.77 bits per heavy atom. The largest absolute Gasteiger partial charge is 0.302 e. The molecule has 1 N–H and O–H groups in total. The molecule has 0 fully saturated rings. The van der Waals surface area contributed by atoms with Gasteiger partial charge in [-0.2, -0.15) is 0 Å². The summed E-state index contributed by atoms with van der Waals surface area (Å²) in [7, 11) is -2.21. The Bertz CT molecular complexity index is 419. The summed E-state index contributed by atoms with van der Waals surface area (Å²) in [6.07, 6.45) is 3.02. The van der Waals surface area contributed by atoms with Gasteiger partial charge in [0.1, 0.15) is 4.21 Å². The van der Waals surface area contributed by atoms with Crippen LogP contribution < -0.4 is 5.32 Å². The van der Waals surface area contributed by atoms with Crippen LogP contribution in [0.4, 0.5) is 5.13 Å². The highest BCUT2D eigenvalue weighted by molar-refractivity contribution is 8.01. The Kier molecular flexibility index (Phi) is 2.72. The van der Waals surface area contributed by atoms with Crippen LogP contribution in [0, 0.1) is 0 Å². The highest BCUT2D eigenvalue weighted by Crippen LogP contribution is 2.22. The minimum absolute atomic E-state index is 0.187. The van der Waals surface area contributed by atoms with Gasteiger partial charge in [0, 0.05) is 22.7 Å². The maximum Gasteiger partial charge on any atom is 0.223 e. The first-order valence-electron chi connectivity index (χ1n) is 3.45. The standard InChI is InChI=1S/C7H10N2O2S2/c1-5(10)9-7-8-4-6(12-7)13(2,3)11/h4H,2H2,1,3H3,(H,8,9,10). The second-order valence-corrected chi connectivity index (χ2v) is 6.41. The fourth-order valence-corrected chi connectivity index (χ4v) is 2.48. The van der Waals surface area contributed by atoms with Gasteiger partial charge >= 0.3 is 0 Å². The predicted molar refractivity (Wildman–Crippen MR) is 55.9 cm³/mol. The third kappa shape index (κ3) is 2.82. The van der Waals surface area contributed by atoms with Gasteiger partial charge in [-0.3, -0.25) is 9.00 Å². The minimum Gasteiger partial charge on any atom is -0.302 e. The van der Waals surface area contributed by atoms with Crippen LogP contribution in [-0.2, 0) is 14.3 Å². The van der Waals surface area contributed by atoms with Gasteiger partial charge in [0.2, 0.25) is 5.91 Å². The van der Waals surface area contributed by atoms with Crippen molar-refractivity contribution in [3.63, 3.8) is 0 Å². The number of nitrogens with one attached hydrogen (secondary N) is 1. The van der Waals surface area contributed by atoms with E-state index in [2.05, 4.69) is 16.2 Å². The zero-order chi connectivity index (χ0) is 10.1. The first-order valence-corrected chi connectivity index (χ1v) is 6.40. The molecule has 0 radical (unpaired) electrons. The van der Waals surface area contributed by atoms with Crippen molar-refractivity contribution < 1.29 is 9.00 Å². The molecule has 6 heteroatoms. The number of hydrogen-bond donors (Lipinski definition) is 1. The molecule has 0 aromatic carbocycles. The van der Waals surface area contributed by atoms with Gasteiger partial charge in [-0.15, -0.1) is 0 Å². The van der Waals surface area contributed by atoms with Gasteiger partial charge in [-0.25, -0.2) is 4.98 Å². The lowest BCUT2D eigenvalue weighted by atomic mass is 10.7. The van der Waals surface area contributed by atoms with Gasteiger partial charge < -0.3 is 5.32 Å². The van der Waals surface area contributed by atoms with Crippen molar-refractivity contribution in [2.24, 2.45) is 0 Å². The summed E-state index contributed by atoms with van der Waals surface area (Å²) < 4.78 is 12.0. The first kappa shape index (κ1) is 10.2. The van der Waals surface area contributed by atoms with E-state index < -0.39 is 9.52 Å². The van der Waals surface area contributed by atoms with Crippen molar-refractivity contribution in [3.05, 3.63) is 6.20 Å². The summed E-state index contributed by atoms with van der Waals surface area (Å²) in [5.41, 5.74) is 0. The lowest BCUT2D eigenvalue weighted by Gasteiger charge is -1.94. The Morgan fingerprint density at radius 2 is 2.38 bits per heavy atom. The van der Waals surface area contributed by atoms with Crippen molar-refractivity contribution in [3.8, 4) is 0 Å². The molecule has 0 spiro atoms. The molecule has 0 bridgehead atoms. The number of carbonyl (C=O) groups is 1. The van der Waals surface area contributed by atoms with E-state index in [0.29, 0.717) is 9.34 Å². The predicted octanol–water partition coefficient (Wildman–Crippen LogP) is 0.807. The number of nitrogens with zero attached hydrogens (tertiary/aromatic N) is 1. The minimum atomic E-state index is -2.21. The summed E-state index contributed by atoms with van der Waals surface area (Å²) in [5, 5.41) is 2.97. The van der Waals surface area contributed by atoms with Crippen LogP contribution in [-0.4, -0.2) is 27.2 Å². The zero-order valence-corrected chi connectivity index (χ0v) is 9.00. The maximum atomic E-state index is 11.4. The molecule has 13 heavy (non-hydrogen) atoms. The van der Waals surface area contributed by atoms with Gasteiger partial charge in [-0.05, 0) is 5.87 Å². The van der Waals surface area contributed by atoms with Crippen LogP contribution in [0.3, 0.4) is 0 Å².